The van der Waals surface area contributed by atoms with E-state index < -0.39 is 0 Å². The maximum atomic E-state index is 11.5. The third-order valence-corrected chi connectivity index (χ3v) is 3.26. The van der Waals surface area contributed by atoms with Crippen LogP contribution in [0.3, 0.4) is 0 Å². The Labute approximate surface area is 112 Å². The first-order valence-corrected chi connectivity index (χ1v) is 6.37. The molecule has 0 radical (unpaired) electrons. The van der Waals surface area contributed by atoms with E-state index in [-0.39, 0.29) is 12.0 Å². The van der Waals surface area contributed by atoms with Crippen molar-refractivity contribution >= 4 is 17.5 Å². The van der Waals surface area contributed by atoms with E-state index in [1.165, 1.54) is 5.56 Å². The predicted octanol–water partition coefficient (Wildman–Crippen LogP) is 1.29. The maximum Gasteiger partial charge on any atom is 0.250 e. The third-order valence-electron chi connectivity index (χ3n) is 3.01. The smallest absolute Gasteiger partial charge is 0.250 e. The van der Waals surface area contributed by atoms with Crippen molar-refractivity contribution in [3.05, 3.63) is 34.9 Å². The van der Waals surface area contributed by atoms with Crippen LogP contribution in [0.5, 0.6) is 0 Å². The minimum Gasteiger partial charge on any atom is -0.366 e. The molecule has 1 fully saturated rings. The van der Waals surface area contributed by atoms with Gasteiger partial charge in [-0.3, -0.25) is 9.69 Å². The number of hydrogen-bond donors (Lipinski definition) is 1. The van der Waals surface area contributed by atoms with Crippen molar-refractivity contribution in [3.8, 4) is 0 Å². The zero-order valence-electron chi connectivity index (χ0n) is 10.4. The zero-order valence-corrected chi connectivity index (χ0v) is 11.1. The van der Waals surface area contributed by atoms with Gasteiger partial charge in [0.25, 0.3) is 0 Å². The molecule has 1 aromatic rings. The van der Waals surface area contributed by atoms with Gasteiger partial charge in [-0.15, -0.1) is 0 Å². The summed E-state index contributed by atoms with van der Waals surface area (Å²) in [5.74, 6) is -0.0594. The lowest BCUT2D eigenvalue weighted by Crippen LogP contribution is -2.48. The number of carbonyl (C=O) groups excluding carboxylic acids is 1. The van der Waals surface area contributed by atoms with Crippen molar-refractivity contribution in [2.45, 2.75) is 12.6 Å². The lowest BCUT2D eigenvalue weighted by Gasteiger charge is -2.31. The first kappa shape index (κ1) is 13.3. The summed E-state index contributed by atoms with van der Waals surface area (Å²) in [5, 5.41) is 3.36. The quantitative estimate of drug-likeness (QED) is 0.898. The Morgan fingerprint density at radius 3 is 2.89 bits per heavy atom. The van der Waals surface area contributed by atoms with Gasteiger partial charge in [0.15, 0.2) is 0 Å². The molecule has 1 aliphatic rings. The van der Waals surface area contributed by atoms with E-state index >= 15 is 0 Å². The topological polar surface area (TPSA) is 41.6 Å². The molecule has 1 heterocycles. The predicted molar refractivity (Wildman–Crippen MR) is 70.5 cm³/mol. The van der Waals surface area contributed by atoms with Crippen LogP contribution in [0.1, 0.15) is 5.56 Å². The minimum absolute atomic E-state index is 0.0594. The molecule has 5 heteroatoms. The van der Waals surface area contributed by atoms with Gasteiger partial charge in [0, 0.05) is 31.7 Å². The number of morpholine rings is 1. The van der Waals surface area contributed by atoms with E-state index in [9.17, 15) is 4.79 Å². The highest BCUT2D eigenvalue weighted by Gasteiger charge is 2.25. The Morgan fingerprint density at radius 2 is 2.22 bits per heavy atom. The first-order chi connectivity index (χ1) is 8.69. The van der Waals surface area contributed by atoms with Crippen LogP contribution in [0.2, 0.25) is 5.02 Å². The Kier molecular flexibility index (Phi) is 4.58. The molecular weight excluding hydrogens is 252 g/mol. The molecule has 0 aromatic heterocycles. The van der Waals surface area contributed by atoms with Crippen LogP contribution in [-0.4, -0.2) is 43.7 Å². The third kappa shape index (κ3) is 3.45. The van der Waals surface area contributed by atoms with Crippen LogP contribution < -0.4 is 5.32 Å². The monoisotopic (exact) mass is 268 g/mol. The summed E-state index contributed by atoms with van der Waals surface area (Å²) in [5.41, 5.74) is 1.19. The van der Waals surface area contributed by atoms with E-state index in [1.807, 2.05) is 24.3 Å². The molecule has 1 unspecified atom stereocenters. The second-order valence-electron chi connectivity index (χ2n) is 4.34. The highest BCUT2D eigenvalue weighted by molar-refractivity contribution is 6.30. The molecule has 4 nitrogen and oxygen atoms in total. The number of nitrogens with one attached hydrogen (secondary N) is 1. The van der Waals surface area contributed by atoms with Crippen molar-refractivity contribution in [2.75, 3.05) is 26.7 Å². The van der Waals surface area contributed by atoms with Crippen LogP contribution in [-0.2, 0) is 16.1 Å². The second-order valence-corrected chi connectivity index (χ2v) is 4.77. The Balaban J connectivity index is 1.93. The highest BCUT2D eigenvalue weighted by atomic mass is 35.5. The number of likely N-dealkylation sites (N-methyl/N-ethyl adjacent to an activating group) is 1. The molecule has 98 valence electrons. The molecule has 0 aliphatic carbocycles. The molecule has 1 aromatic carbocycles. The fourth-order valence-electron chi connectivity index (χ4n) is 2.01. The summed E-state index contributed by atoms with van der Waals surface area (Å²) >= 11 is 5.85. The van der Waals surface area contributed by atoms with Gasteiger partial charge in [0.05, 0.1) is 6.61 Å². The van der Waals surface area contributed by atoms with Gasteiger partial charge >= 0.3 is 0 Å². The fraction of sp³-hybridized carbons (Fsp3) is 0.462. The molecule has 0 bridgehead atoms. The van der Waals surface area contributed by atoms with Crippen molar-refractivity contribution in [1.29, 1.82) is 0 Å². The number of ether oxygens (including phenoxy) is 1. The van der Waals surface area contributed by atoms with E-state index in [4.69, 9.17) is 16.3 Å². The van der Waals surface area contributed by atoms with Crippen molar-refractivity contribution in [1.82, 2.24) is 10.2 Å². The minimum atomic E-state index is -0.365. The first-order valence-electron chi connectivity index (χ1n) is 5.99. The van der Waals surface area contributed by atoms with Gasteiger partial charge in [0.2, 0.25) is 5.91 Å². The van der Waals surface area contributed by atoms with Gasteiger partial charge in [-0.05, 0) is 17.7 Å². The number of amides is 1. The van der Waals surface area contributed by atoms with Gasteiger partial charge in [-0.1, -0.05) is 23.7 Å². The number of halogens is 1. The molecule has 1 amide bonds. The molecule has 18 heavy (non-hydrogen) atoms. The number of benzene rings is 1. The van der Waals surface area contributed by atoms with Crippen LogP contribution in [0.4, 0.5) is 0 Å². The highest BCUT2D eigenvalue weighted by Crippen LogP contribution is 2.13. The van der Waals surface area contributed by atoms with Crippen molar-refractivity contribution in [2.24, 2.45) is 0 Å². The number of hydrogen-bond acceptors (Lipinski definition) is 3. The fourth-order valence-corrected chi connectivity index (χ4v) is 2.14. The van der Waals surface area contributed by atoms with Gasteiger partial charge in [0.1, 0.15) is 6.10 Å². The molecular formula is C13H17ClN2O2. The molecule has 2 rings (SSSR count). The summed E-state index contributed by atoms with van der Waals surface area (Å²) in [6, 6.07) is 7.78. The summed E-state index contributed by atoms with van der Waals surface area (Å²) in [7, 11) is 1.63. The van der Waals surface area contributed by atoms with Crippen LogP contribution in [0.15, 0.2) is 24.3 Å². The summed E-state index contributed by atoms with van der Waals surface area (Å²) in [6.45, 7) is 2.87. The number of rotatable bonds is 3. The second kappa shape index (κ2) is 6.18. The average molecular weight is 269 g/mol. The molecule has 1 N–H and O–H groups in total. The number of carbonyl (C=O) groups is 1. The summed E-state index contributed by atoms with van der Waals surface area (Å²) in [4.78, 5) is 13.7. The van der Waals surface area contributed by atoms with E-state index in [2.05, 4.69) is 10.2 Å². The zero-order chi connectivity index (χ0) is 13.0. The van der Waals surface area contributed by atoms with Gasteiger partial charge in [-0.25, -0.2) is 0 Å². The Hall–Kier alpha value is -1.10. The SMILES string of the molecule is CNC(=O)C1CN(Cc2ccc(Cl)cc2)CCO1. The van der Waals surface area contributed by atoms with Crippen LogP contribution in [0.25, 0.3) is 0 Å². The van der Waals surface area contributed by atoms with E-state index in [0.717, 1.165) is 18.1 Å². The largest absolute Gasteiger partial charge is 0.366 e. The molecule has 0 saturated carbocycles. The molecule has 1 saturated heterocycles. The van der Waals surface area contributed by atoms with E-state index in [0.29, 0.717) is 13.2 Å². The molecule has 0 spiro atoms. The molecule has 1 aliphatic heterocycles. The molecule has 1 atom stereocenters. The Morgan fingerprint density at radius 1 is 1.50 bits per heavy atom. The van der Waals surface area contributed by atoms with Crippen LogP contribution >= 0.6 is 11.6 Å². The Bertz CT molecular complexity index is 408. The van der Waals surface area contributed by atoms with Crippen molar-refractivity contribution in [3.63, 3.8) is 0 Å². The lowest BCUT2D eigenvalue weighted by atomic mass is 10.2. The summed E-state index contributed by atoms with van der Waals surface area (Å²) in [6.07, 6.45) is -0.365. The van der Waals surface area contributed by atoms with Gasteiger partial charge in [-0.2, -0.15) is 0 Å². The van der Waals surface area contributed by atoms with E-state index in [1.54, 1.807) is 7.05 Å². The lowest BCUT2D eigenvalue weighted by molar-refractivity contribution is -0.138. The van der Waals surface area contributed by atoms with Crippen LogP contribution in [0, 0.1) is 0 Å². The standard InChI is InChI=1S/C13H17ClN2O2/c1-15-13(17)12-9-16(6-7-18-12)8-10-2-4-11(14)5-3-10/h2-5,12H,6-9H2,1H3,(H,15,17). The average Bonchev–Trinajstić information content (AvgIpc) is 2.41. The maximum absolute atomic E-state index is 11.5. The number of nitrogens with zero attached hydrogens (tertiary/aromatic N) is 1. The summed E-state index contributed by atoms with van der Waals surface area (Å²) < 4.78 is 5.44. The normalized spacial score (nSPS) is 20.7. The van der Waals surface area contributed by atoms with Gasteiger partial charge < -0.3 is 10.1 Å². The van der Waals surface area contributed by atoms with Crippen molar-refractivity contribution < 1.29 is 9.53 Å².